The normalized spacial score (nSPS) is 16.0. The summed E-state index contributed by atoms with van der Waals surface area (Å²) < 4.78 is 28.0. The average Bonchev–Trinajstić information content (AvgIpc) is 3.45. The standard InChI is InChI=1S/C24H34N6O3S/c1-4-34(32,33)30-8-5-17(6-9-30)22-14-27-23-20(22)11-18(12-21(23)24(25)31)19-13-28-29(15-19)10-7-26-16(2)3/h11-17,26-27H,4-10H2,1-3H3,(H2,25,31). The zero-order valence-corrected chi connectivity index (χ0v) is 20.9. The number of nitrogens with one attached hydrogen (secondary N) is 2. The first-order valence-corrected chi connectivity index (χ1v) is 13.5. The molecule has 2 aromatic heterocycles. The van der Waals surface area contributed by atoms with Crippen molar-refractivity contribution in [2.45, 2.75) is 52.1 Å². The van der Waals surface area contributed by atoms with Gasteiger partial charge in [-0.25, -0.2) is 12.7 Å². The van der Waals surface area contributed by atoms with Gasteiger partial charge in [-0.15, -0.1) is 0 Å². The first-order chi connectivity index (χ1) is 16.2. The van der Waals surface area contributed by atoms with Crippen molar-refractivity contribution in [3.63, 3.8) is 0 Å². The lowest BCUT2D eigenvalue weighted by atomic mass is 9.88. The average molecular weight is 487 g/mol. The molecule has 0 spiro atoms. The smallest absolute Gasteiger partial charge is 0.250 e. The summed E-state index contributed by atoms with van der Waals surface area (Å²) in [7, 11) is -3.18. The Morgan fingerprint density at radius 2 is 2.00 bits per heavy atom. The van der Waals surface area contributed by atoms with Gasteiger partial charge >= 0.3 is 0 Å². The van der Waals surface area contributed by atoms with Crippen LogP contribution >= 0.6 is 0 Å². The SMILES string of the molecule is CCS(=O)(=O)N1CCC(c2c[nH]c3c(C(N)=O)cc(-c4cnn(CCNC(C)C)c4)cc23)CC1. The largest absolute Gasteiger partial charge is 0.366 e. The maximum Gasteiger partial charge on any atom is 0.250 e. The highest BCUT2D eigenvalue weighted by Gasteiger charge is 2.29. The van der Waals surface area contributed by atoms with Crippen molar-refractivity contribution in [1.29, 1.82) is 0 Å². The number of fused-ring (bicyclic) bond motifs is 1. The summed E-state index contributed by atoms with van der Waals surface area (Å²) in [5.41, 5.74) is 9.81. The number of primary amides is 1. The number of carbonyl (C=O) groups is 1. The maximum absolute atomic E-state index is 12.3. The quantitative estimate of drug-likeness (QED) is 0.429. The van der Waals surface area contributed by atoms with Crippen LogP contribution in [0.2, 0.25) is 0 Å². The lowest BCUT2D eigenvalue weighted by Crippen LogP contribution is -2.38. The van der Waals surface area contributed by atoms with Crippen LogP contribution in [-0.4, -0.2) is 64.8 Å². The molecule has 184 valence electrons. The van der Waals surface area contributed by atoms with Gasteiger partial charge in [0.15, 0.2) is 0 Å². The Bertz CT molecular complexity index is 1270. The van der Waals surface area contributed by atoms with E-state index in [0.717, 1.165) is 53.5 Å². The van der Waals surface area contributed by atoms with Gasteiger partial charge in [0.1, 0.15) is 0 Å². The zero-order valence-electron chi connectivity index (χ0n) is 20.0. The van der Waals surface area contributed by atoms with E-state index in [9.17, 15) is 13.2 Å². The van der Waals surface area contributed by atoms with E-state index in [-0.39, 0.29) is 11.7 Å². The van der Waals surface area contributed by atoms with Gasteiger partial charge in [-0.05, 0) is 48.9 Å². The predicted molar refractivity (Wildman–Crippen MR) is 134 cm³/mol. The van der Waals surface area contributed by atoms with Crippen molar-refractivity contribution in [2.24, 2.45) is 5.73 Å². The Balaban J connectivity index is 1.63. The van der Waals surface area contributed by atoms with Gasteiger partial charge < -0.3 is 16.0 Å². The van der Waals surface area contributed by atoms with Crippen LogP contribution in [0.5, 0.6) is 0 Å². The molecule has 3 heterocycles. The van der Waals surface area contributed by atoms with Crippen molar-refractivity contribution in [3.05, 3.63) is 41.9 Å². The molecule has 1 saturated heterocycles. The number of benzene rings is 1. The Morgan fingerprint density at radius 3 is 2.65 bits per heavy atom. The lowest BCUT2D eigenvalue weighted by molar-refractivity contribution is 0.100. The Labute approximate surface area is 200 Å². The van der Waals surface area contributed by atoms with Crippen LogP contribution in [-0.2, 0) is 16.6 Å². The number of aromatic nitrogens is 3. The van der Waals surface area contributed by atoms with Gasteiger partial charge in [-0.1, -0.05) is 13.8 Å². The van der Waals surface area contributed by atoms with Crippen LogP contribution in [0.4, 0.5) is 0 Å². The number of piperidine rings is 1. The highest BCUT2D eigenvalue weighted by Crippen LogP contribution is 2.37. The minimum absolute atomic E-state index is 0.122. The highest BCUT2D eigenvalue weighted by molar-refractivity contribution is 7.89. The third-order valence-electron chi connectivity index (χ3n) is 6.60. The number of amides is 1. The maximum atomic E-state index is 12.3. The van der Waals surface area contributed by atoms with Crippen LogP contribution in [0.3, 0.4) is 0 Å². The molecule has 1 fully saturated rings. The first-order valence-electron chi connectivity index (χ1n) is 11.9. The second-order valence-electron chi connectivity index (χ2n) is 9.23. The van der Waals surface area contributed by atoms with E-state index in [1.807, 2.05) is 29.3 Å². The minimum atomic E-state index is -3.18. The second kappa shape index (κ2) is 9.89. The van der Waals surface area contributed by atoms with Crippen molar-refractivity contribution in [3.8, 4) is 11.1 Å². The molecule has 0 atom stereocenters. The number of nitrogens with two attached hydrogens (primary N) is 1. The molecule has 0 saturated carbocycles. The highest BCUT2D eigenvalue weighted by atomic mass is 32.2. The molecule has 34 heavy (non-hydrogen) atoms. The summed E-state index contributed by atoms with van der Waals surface area (Å²) in [4.78, 5) is 15.5. The van der Waals surface area contributed by atoms with Crippen LogP contribution < -0.4 is 11.1 Å². The summed E-state index contributed by atoms with van der Waals surface area (Å²) in [6.07, 6.45) is 7.21. The fourth-order valence-electron chi connectivity index (χ4n) is 4.68. The van der Waals surface area contributed by atoms with E-state index in [1.165, 1.54) is 0 Å². The van der Waals surface area contributed by atoms with Gasteiger partial charge in [-0.3, -0.25) is 9.48 Å². The molecule has 9 nitrogen and oxygen atoms in total. The number of aromatic amines is 1. The molecule has 1 aromatic carbocycles. The second-order valence-corrected chi connectivity index (χ2v) is 11.5. The van der Waals surface area contributed by atoms with Crippen molar-refractivity contribution < 1.29 is 13.2 Å². The monoisotopic (exact) mass is 486 g/mol. The number of carbonyl (C=O) groups excluding carboxylic acids is 1. The van der Waals surface area contributed by atoms with Crippen molar-refractivity contribution in [1.82, 2.24) is 24.4 Å². The molecular weight excluding hydrogens is 452 g/mol. The van der Waals surface area contributed by atoms with Crippen LogP contribution in [0, 0.1) is 0 Å². The molecule has 4 N–H and O–H groups in total. The summed E-state index contributed by atoms with van der Waals surface area (Å²) in [6.45, 7) is 8.47. The summed E-state index contributed by atoms with van der Waals surface area (Å²) in [5.74, 6) is -0.160. The fraction of sp³-hybridized carbons (Fsp3) is 0.500. The van der Waals surface area contributed by atoms with Crippen LogP contribution in [0.25, 0.3) is 22.0 Å². The third-order valence-corrected chi connectivity index (χ3v) is 8.48. The Kier molecular flexibility index (Phi) is 7.11. The zero-order chi connectivity index (χ0) is 24.5. The van der Waals surface area contributed by atoms with Crippen molar-refractivity contribution in [2.75, 3.05) is 25.4 Å². The molecule has 1 amide bonds. The Morgan fingerprint density at radius 1 is 1.26 bits per heavy atom. The number of sulfonamides is 1. The summed E-state index contributed by atoms with van der Waals surface area (Å²) in [6, 6.07) is 4.31. The number of H-pyrrole nitrogens is 1. The fourth-order valence-corrected chi connectivity index (χ4v) is 5.81. The van der Waals surface area contributed by atoms with E-state index in [2.05, 4.69) is 35.3 Å². The van der Waals surface area contributed by atoms with Gasteiger partial charge in [-0.2, -0.15) is 5.10 Å². The number of nitrogens with zero attached hydrogens (tertiary/aromatic N) is 3. The van der Waals surface area contributed by atoms with E-state index in [0.29, 0.717) is 24.7 Å². The molecule has 3 aromatic rings. The van der Waals surface area contributed by atoms with E-state index in [1.54, 1.807) is 11.2 Å². The summed E-state index contributed by atoms with van der Waals surface area (Å²) >= 11 is 0. The number of hydrogen-bond donors (Lipinski definition) is 3. The van der Waals surface area contributed by atoms with E-state index in [4.69, 9.17) is 5.73 Å². The van der Waals surface area contributed by atoms with Crippen LogP contribution in [0.1, 0.15) is 55.5 Å². The van der Waals surface area contributed by atoms with Crippen LogP contribution in [0.15, 0.2) is 30.7 Å². The third kappa shape index (κ3) is 5.03. The van der Waals surface area contributed by atoms with Gasteiger partial charge in [0.2, 0.25) is 10.0 Å². The van der Waals surface area contributed by atoms with Gasteiger partial charge in [0.25, 0.3) is 5.91 Å². The van der Waals surface area contributed by atoms with E-state index >= 15 is 0 Å². The van der Waals surface area contributed by atoms with Crippen molar-refractivity contribution >= 4 is 26.8 Å². The lowest BCUT2D eigenvalue weighted by Gasteiger charge is -2.31. The number of hydrogen-bond acceptors (Lipinski definition) is 5. The molecular formula is C24H34N6O3S. The molecule has 1 aliphatic heterocycles. The molecule has 10 heteroatoms. The molecule has 1 aliphatic rings. The predicted octanol–water partition coefficient (Wildman–Crippen LogP) is 2.66. The Hall–Kier alpha value is -2.69. The molecule has 0 aliphatic carbocycles. The molecule has 0 bridgehead atoms. The first kappa shape index (κ1) is 24.4. The molecule has 0 radical (unpaired) electrons. The molecule has 0 unspecified atom stereocenters. The number of rotatable bonds is 9. The van der Waals surface area contributed by atoms with E-state index < -0.39 is 15.9 Å². The van der Waals surface area contributed by atoms with Gasteiger partial charge in [0, 0.05) is 49.0 Å². The molecule has 4 rings (SSSR count). The summed E-state index contributed by atoms with van der Waals surface area (Å²) in [5, 5.41) is 8.81. The minimum Gasteiger partial charge on any atom is -0.366 e. The topological polar surface area (TPSA) is 126 Å². The van der Waals surface area contributed by atoms with Gasteiger partial charge in [0.05, 0.1) is 29.6 Å².